The van der Waals surface area contributed by atoms with Gasteiger partial charge in [-0.3, -0.25) is 4.68 Å². The van der Waals surface area contributed by atoms with Crippen molar-refractivity contribution in [1.82, 2.24) is 9.78 Å². The first-order chi connectivity index (χ1) is 9.56. The zero-order valence-corrected chi connectivity index (χ0v) is 12.4. The maximum atomic E-state index is 12.3. The van der Waals surface area contributed by atoms with E-state index in [4.69, 9.17) is 4.74 Å². The van der Waals surface area contributed by atoms with Crippen LogP contribution in [0.2, 0.25) is 0 Å². The number of carbonyl (C=O) groups excluding carboxylic acids is 1. The molecule has 106 valence electrons. The van der Waals surface area contributed by atoms with E-state index in [2.05, 4.69) is 5.10 Å². The lowest BCUT2D eigenvalue weighted by atomic mass is 10.1. The smallest absolute Gasteiger partial charge is 0.335 e. The average molecular weight is 272 g/mol. The maximum Gasteiger partial charge on any atom is 0.335 e. The molecule has 1 aromatic heterocycles. The largest absolute Gasteiger partial charge is 0.464 e. The molecule has 0 aliphatic heterocycles. The Morgan fingerprint density at radius 1 is 1.25 bits per heavy atom. The lowest BCUT2D eigenvalue weighted by Crippen LogP contribution is -2.25. The number of rotatable bonds is 4. The molecule has 0 amide bonds. The molecule has 2 rings (SSSR count). The Morgan fingerprint density at radius 3 is 2.40 bits per heavy atom. The van der Waals surface area contributed by atoms with E-state index in [0.29, 0.717) is 6.61 Å². The van der Waals surface area contributed by atoms with Crippen LogP contribution >= 0.6 is 0 Å². The highest BCUT2D eigenvalue weighted by Gasteiger charge is 2.27. The first kappa shape index (κ1) is 14.3. The summed E-state index contributed by atoms with van der Waals surface area (Å²) in [5, 5.41) is 4.51. The maximum absolute atomic E-state index is 12.3. The summed E-state index contributed by atoms with van der Waals surface area (Å²) >= 11 is 0. The van der Waals surface area contributed by atoms with E-state index in [1.54, 1.807) is 4.68 Å². The minimum Gasteiger partial charge on any atom is -0.464 e. The van der Waals surface area contributed by atoms with Crippen molar-refractivity contribution in [2.24, 2.45) is 0 Å². The fourth-order valence-corrected chi connectivity index (χ4v) is 2.23. The van der Waals surface area contributed by atoms with E-state index in [1.807, 2.05) is 58.0 Å². The van der Waals surface area contributed by atoms with Crippen molar-refractivity contribution in [2.75, 3.05) is 6.61 Å². The van der Waals surface area contributed by atoms with Gasteiger partial charge in [0.1, 0.15) is 0 Å². The summed E-state index contributed by atoms with van der Waals surface area (Å²) in [5.41, 5.74) is 3.92. The van der Waals surface area contributed by atoms with Gasteiger partial charge >= 0.3 is 5.97 Å². The van der Waals surface area contributed by atoms with Gasteiger partial charge in [-0.25, -0.2) is 4.79 Å². The molecule has 4 heteroatoms. The monoisotopic (exact) mass is 272 g/mol. The first-order valence-corrected chi connectivity index (χ1v) is 6.80. The predicted octanol–water partition coefficient (Wildman–Crippen LogP) is 2.96. The van der Waals surface area contributed by atoms with Crippen molar-refractivity contribution in [3.05, 3.63) is 52.8 Å². The Morgan fingerprint density at radius 2 is 1.90 bits per heavy atom. The minimum absolute atomic E-state index is 0.274. The molecular weight excluding hydrogens is 252 g/mol. The number of hydrogen-bond acceptors (Lipinski definition) is 3. The molecule has 0 fully saturated rings. The summed E-state index contributed by atoms with van der Waals surface area (Å²) in [6.07, 6.45) is 0. The van der Waals surface area contributed by atoms with E-state index in [-0.39, 0.29) is 5.97 Å². The number of hydrogen-bond donors (Lipinski definition) is 0. The molecule has 1 heterocycles. The van der Waals surface area contributed by atoms with Crippen LogP contribution in [0.3, 0.4) is 0 Å². The fraction of sp³-hybridized carbons (Fsp3) is 0.375. The summed E-state index contributed by atoms with van der Waals surface area (Å²) in [6.45, 7) is 8.12. The summed E-state index contributed by atoms with van der Waals surface area (Å²) < 4.78 is 6.98. The van der Waals surface area contributed by atoms with Gasteiger partial charge in [-0.15, -0.1) is 0 Å². The SMILES string of the molecule is CCOC(=O)C(c1ccccc1)n1nc(C)c(C)c1C. The number of nitrogens with zero attached hydrogens (tertiary/aromatic N) is 2. The molecule has 0 N–H and O–H groups in total. The first-order valence-electron chi connectivity index (χ1n) is 6.80. The van der Waals surface area contributed by atoms with Crippen LogP contribution in [0, 0.1) is 20.8 Å². The van der Waals surface area contributed by atoms with Gasteiger partial charge in [0.25, 0.3) is 0 Å². The highest BCUT2D eigenvalue weighted by molar-refractivity contribution is 5.78. The highest BCUT2D eigenvalue weighted by atomic mass is 16.5. The van der Waals surface area contributed by atoms with Gasteiger partial charge in [-0.05, 0) is 38.8 Å². The molecule has 0 saturated carbocycles. The Kier molecular flexibility index (Phi) is 4.23. The molecule has 0 radical (unpaired) electrons. The Bertz CT molecular complexity index is 602. The molecule has 0 aliphatic carbocycles. The van der Waals surface area contributed by atoms with Crippen LogP contribution in [0.4, 0.5) is 0 Å². The topological polar surface area (TPSA) is 44.1 Å². The average Bonchev–Trinajstić information content (AvgIpc) is 2.69. The van der Waals surface area contributed by atoms with Crippen LogP contribution in [-0.4, -0.2) is 22.4 Å². The van der Waals surface area contributed by atoms with Crippen molar-refractivity contribution in [2.45, 2.75) is 33.7 Å². The number of aryl methyl sites for hydroxylation is 1. The second-order valence-electron chi connectivity index (χ2n) is 4.81. The van der Waals surface area contributed by atoms with Crippen LogP contribution < -0.4 is 0 Å². The van der Waals surface area contributed by atoms with Gasteiger partial charge in [0.15, 0.2) is 6.04 Å². The van der Waals surface area contributed by atoms with Crippen LogP contribution in [0.5, 0.6) is 0 Å². The van der Waals surface area contributed by atoms with Crippen LogP contribution in [-0.2, 0) is 9.53 Å². The number of aromatic nitrogens is 2. The lowest BCUT2D eigenvalue weighted by molar-refractivity contribution is -0.146. The second kappa shape index (κ2) is 5.90. The normalized spacial score (nSPS) is 12.2. The summed E-state index contributed by atoms with van der Waals surface area (Å²) in [4.78, 5) is 12.3. The van der Waals surface area contributed by atoms with Crippen molar-refractivity contribution >= 4 is 5.97 Å². The molecule has 0 saturated heterocycles. The highest BCUT2D eigenvalue weighted by Crippen LogP contribution is 2.24. The fourth-order valence-electron chi connectivity index (χ4n) is 2.23. The number of benzene rings is 1. The zero-order valence-electron chi connectivity index (χ0n) is 12.4. The Hall–Kier alpha value is -2.10. The third-order valence-electron chi connectivity index (χ3n) is 3.56. The molecule has 4 nitrogen and oxygen atoms in total. The molecule has 0 spiro atoms. The molecule has 0 bridgehead atoms. The Labute approximate surface area is 119 Å². The van der Waals surface area contributed by atoms with E-state index in [9.17, 15) is 4.79 Å². The number of carbonyl (C=O) groups is 1. The molecule has 1 aromatic carbocycles. The molecule has 20 heavy (non-hydrogen) atoms. The molecule has 1 unspecified atom stereocenters. The predicted molar refractivity (Wildman–Crippen MR) is 77.7 cm³/mol. The quantitative estimate of drug-likeness (QED) is 0.804. The third-order valence-corrected chi connectivity index (χ3v) is 3.56. The van der Waals surface area contributed by atoms with E-state index >= 15 is 0 Å². The number of esters is 1. The lowest BCUT2D eigenvalue weighted by Gasteiger charge is -2.18. The van der Waals surface area contributed by atoms with Crippen molar-refractivity contribution in [3.8, 4) is 0 Å². The van der Waals surface area contributed by atoms with Crippen LogP contribution in [0.25, 0.3) is 0 Å². The van der Waals surface area contributed by atoms with E-state index in [1.165, 1.54) is 0 Å². The van der Waals surface area contributed by atoms with E-state index in [0.717, 1.165) is 22.5 Å². The van der Waals surface area contributed by atoms with Crippen LogP contribution in [0.15, 0.2) is 30.3 Å². The molecule has 0 aliphatic rings. The summed E-state index contributed by atoms with van der Waals surface area (Å²) in [5.74, 6) is -0.274. The molecular formula is C16H20N2O2. The standard InChI is InChI=1S/C16H20N2O2/c1-5-20-16(19)15(14-9-7-6-8-10-14)18-13(4)11(2)12(3)17-18/h6-10,15H,5H2,1-4H3. The van der Waals surface area contributed by atoms with Gasteiger partial charge in [-0.1, -0.05) is 30.3 Å². The summed E-state index contributed by atoms with van der Waals surface area (Å²) in [6, 6.07) is 9.09. The van der Waals surface area contributed by atoms with E-state index < -0.39 is 6.04 Å². The second-order valence-corrected chi connectivity index (χ2v) is 4.81. The van der Waals surface area contributed by atoms with Crippen molar-refractivity contribution in [3.63, 3.8) is 0 Å². The van der Waals surface area contributed by atoms with Gasteiger partial charge in [0.05, 0.1) is 12.3 Å². The third kappa shape index (κ3) is 2.59. The van der Waals surface area contributed by atoms with Gasteiger partial charge in [0.2, 0.25) is 0 Å². The summed E-state index contributed by atoms with van der Waals surface area (Å²) in [7, 11) is 0. The molecule has 2 aromatic rings. The van der Waals surface area contributed by atoms with Gasteiger partial charge < -0.3 is 4.74 Å². The van der Waals surface area contributed by atoms with Crippen LogP contribution in [0.1, 0.15) is 35.5 Å². The van der Waals surface area contributed by atoms with Gasteiger partial charge in [0, 0.05) is 5.69 Å². The number of ether oxygens (including phenoxy) is 1. The molecule has 1 atom stereocenters. The minimum atomic E-state index is -0.524. The zero-order chi connectivity index (χ0) is 14.7. The van der Waals surface area contributed by atoms with Crippen molar-refractivity contribution < 1.29 is 9.53 Å². The Balaban J connectivity index is 2.52. The van der Waals surface area contributed by atoms with Crippen molar-refractivity contribution in [1.29, 1.82) is 0 Å². The van der Waals surface area contributed by atoms with Gasteiger partial charge in [-0.2, -0.15) is 5.10 Å².